The van der Waals surface area contributed by atoms with Crippen molar-refractivity contribution >= 4 is 15.9 Å². The highest BCUT2D eigenvalue weighted by atomic mass is 79.9. The zero-order valence-corrected chi connectivity index (χ0v) is 12.9. The van der Waals surface area contributed by atoms with Gasteiger partial charge in [-0.2, -0.15) is 0 Å². The minimum absolute atomic E-state index is 0.758. The third kappa shape index (κ3) is 3.55. The molecule has 1 aromatic carbocycles. The van der Waals surface area contributed by atoms with Crippen LogP contribution in [0.25, 0.3) is 0 Å². The predicted molar refractivity (Wildman–Crippen MR) is 80.7 cm³/mol. The molecule has 0 aliphatic heterocycles. The Morgan fingerprint density at radius 1 is 1.11 bits per heavy atom. The zero-order valence-electron chi connectivity index (χ0n) is 11.3. The molecule has 0 atom stereocenters. The second kappa shape index (κ2) is 6.17. The molecular formula is C15H17BrN2O. The van der Waals surface area contributed by atoms with E-state index >= 15 is 0 Å². The standard InChI is InChI=1S/C15H17BrN2O/c1-10-4-13(5-11(2)15(10)16)19-14-6-12(7-17-3)8-18-9-14/h4-6,8-9,17H,7H2,1-3H3. The summed E-state index contributed by atoms with van der Waals surface area (Å²) in [6, 6.07) is 6.03. The molecule has 100 valence electrons. The van der Waals surface area contributed by atoms with Crippen LogP contribution in [0.4, 0.5) is 0 Å². The van der Waals surface area contributed by atoms with Crippen molar-refractivity contribution in [2.24, 2.45) is 0 Å². The van der Waals surface area contributed by atoms with E-state index in [1.54, 1.807) is 6.20 Å². The maximum Gasteiger partial charge on any atom is 0.146 e. The van der Waals surface area contributed by atoms with E-state index in [1.807, 2.05) is 31.4 Å². The number of benzene rings is 1. The Hall–Kier alpha value is -1.39. The summed E-state index contributed by atoms with van der Waals surface area (Å²) in [5.41, 5.74) is 3.43. The van der Waals surface area contributed by atoms with Gasteiger partial charge in [-0.1, -0.05) is 15.9 Å². The van der Waals surface area contributed by atoms with Gasteiger partial charge in [-0.25, -0.2) is 0 Å². The fraction of sp³-hybridized carbons (Fsp3) is 0.267. The summed E-state index contributed by atoms with van der Waals surface area (Å²) >= 11 is 3.55. The van der Waals surface area contributed by atoms with Crippen molar-refractivity contribution in [3.63, 3.8) is 0 Å². The molecule has 0 fully saturated rings. The van der Waals surface area contributed by atoms with E-state index in [4.69, 9.17) is 4.74 Å². The number of aryl methyl sites for hydroxylation is 2. The van der Waals surface area contributed by atoms with Crippen molar-refractivity contribution in [3.05, 3.63) is 51.8 Å². The van der Waals surface area contributed by atoms with Gasteiger partial charge in [-0.05, 0) is 55.8 Å². The van der Waals surface area contributed by atoms with Crippen LogP contribution >= 0.6 is 15.9 Å². The Morgan fingerprint density at radius 2 is 1.79 bits per heavy atom. The molecule has 0 amide bonds. The SMILES string of the molecule is CNCc1cncc(Oc2cc(C)c(Br)c(C)c2)c1. The third-order valence-electron chi connectivity index (χ3n) is 2.80. The number of rotatable bonds is 4. The van der Waals surface area contributed by atoms with Crippen LogP contribution in [0.1, 0.15) is 16.7 Å². The molecule has 3 nitrogen and oxygen atoms in total. The van der Waals surface area contributed by atoms with Crippen molar-refractivity contribution in [2.75, 3.05) is 7.05 Å². The Morgan fingerprint density at radius 3 is 2.42 bits per heavy atom. The zero-order chi connectivity index (χ0) is 13.8. The van der Waals surface area contributed by atoms with Crippen LogP contribution in [0.15, 0.2) is 35.1 Å². The molecule has 1 N–H and O–H groups in total. The van der Waals surface area contributed by atoms with Crippen molar-refractivity contribution in [1.82, 2.24) is 10.3 Å². The molecule has 0 unspecified atom stereocenters. The second-order valence-electron chi connectivity index (χ2n) is 4.53. The van der Waals surface area contributed by atoms with Gasteiger partial charge in [-0.15, -0.1) is 0 Å². The lowest BCUT2D eigenvalue weighted by Gasteiger charge is -2.10. The van der Waals surface area contributed by atoms with Crippen LogP contribution in [0.3, 0.4) is 0 Å². The van der Waals surface area contributed by atoms with E-state index < -0.39 is 0 Å². The van der Waals surface area contributed by atoms with Crippen molar-refractivity contribution < 1.29 is 4.74 Å². The number of nitrogens with one attached hydrogen (secondary N) is 1. The smallest absolute Gasteiger partial charge is 0.146 e. The van der Waals surface area contributed by atoms with Gasteiger partial charge in [0.2, 0.25) is 0 Å². The molecule has 2 aromatic rings. The maximum absolute atomic E-state index is 5.87. The normalized spacial score (nSPS) is 10.5. The van der Waals surface area contributed by atoms with Crippen LogP contribution in [-0.2, 0) is 6.54 Å². The topological polar surface area (TPSA) is 34.2 Å². The van der Waals surface area contributed by atoms with Gasteiger partial charge in [-0.3, -0.25) is 4.98 Å². The number of ether oxygens (including phenoxy) is 1. The predicted octanol–water partition coefficient (Wildman–Crippen LogP) is 3.97. The molecule has 0 aliphatic carbocycles. The fourth-order valence-electron chi connectivity index (χ4n) is 1.92. The molecule has 2 rings (SSSR count). The highest BCUT2D eigenvalue weighted by molar-refractivity contribution is 9.10. The molecule has 0 saturated carbocycles. The summed E-state index contributed by atoms with van der Waals surface area (Å²) in [6.07, 6.45) is 3.56. The van der Waals surface area contributed by atoms with E-state index in [0.29, 0.717) is 0 Å². The van der Waals surface area contributed by atoms with Crippen molar-refractivity contribution in [1.29, 1.82) is 0 Å². The van der Waals surface area contributed by atoms with Crippen LogP contribution < -0.4 is 10.1 Å². The van der Waals surface area contributed by atoms with Crippen molar-refractivity contribution in [3.8, 4) is 11.5 Å². The lowest BCUT2D eigenvalue weighted by atomic mass is 10.1. The average molecular weight is 321 g/mol. The first-order valence-corrected chi connectivity index (χ1v) is 6.92. The summed E-state index contributed by atoms with van der Waals surface area (Å²) in [7, 11) is 1.91. The van der Waals surface area contributed by atoms with E-state index in [1.165, 1.54) is 0 Å². The van der Waals surface area contributed by atoms with Crippen LogP contribution in [0, 0.1) is 13.8 Å². The molecule has 0 saturated heterocycles. The monoisotopic (exact) mass is 320 g/mol. The Bertz CT molecular complexity index is 561. The first-order chi connectivity index (χ1) is 9.10. The molecule has 0 aliphatic rings. The number of hydrogen-bond donors (Lipinski definition) is 1. The maximum atomic E-state index is 5.87. The number of halogens is 1. The van der Waals surface area contributed by atoms with Gasteiger partial charge in [0.1, 0.15) is 11.5 Å². The van der Waals surface area contributed by atoms with Gasteiger partial charge in [0.25, 0.3) is 0 Å². The lowest BCUT2D eigenvalue weighted by Crippen LogP contribution is -2.05. The van der Waals surface area contributed by atoms with E-state index in [2.05, 4.69) is 40.1 Å². The van der Waals surface area contributed by atoms with Crippen LogP contribution in [0.2, 0.25) is 0 Å². The van der Waals surface area contributed by atoms with E-state index in [9.17, 15) is 0 Å². The molecule has 1 heterocycles. The largest absolute Gasteiger partial charge is 0.456 e. The Labute approximate surface area is 122 Å². The summed E-state index contributed by atoms with van der Waals surface area (Å²) in [6.45, 7) is 4.89. The number of hydrogen-bond acceptors (Lipinski definition) is 3. The highest BCUT2D eigenvalue weighted by Gasteiger charge is 2.05. The van der Waals surface area contributed by atoms with Gasteiger partial charge in [0.05, 0.1) is 6.20 Å². The molecule has 0 radical (unpaired) electrons. The Balaban J connectivity index is 2.23. The van der Waals surface area contributed by atoms with Gasteiger partial charge in [0, 0.05) is 17.2 Å². The minimum atomic E-state index is 0.758. The second-order valence-corrected chi connectivity index (χ2v) is 5.33. The van der Waals surface area contributed by atoms with Gasteiger partial charge < -0.3 is 10.1 Å². The van der Waals surface area contributed by atoms with E-state index in [-0.39, 0.29) is 0 Å². The van der Waals surface area contributed by atoms with Gasteiger partial charge >= 0.3 is 0 Å². The summed E-state index contributed by atoms with van der Waals surface area (Å²) in [5.74, 6) is 1.59. The quantitative estimate of drug-likeness (QED) is 0.925. The number of pyridine rings is 1. The number of nitrogens with zero attached hydrogens (tertiary/aromatic N) is 1. The molecule has 19 heavy (non-hydrogen) atoms. The molecular weight excluding hydrogens is 304 g/mol. The minimum Gasteiger partial charge on any atom is -0.456 e. The van der Waals surface area contributed by atoms with Crippen LogP contribution in [-0.4, -0.2) is 12.0 Å². The first kappa shape index (κ1) is 14.0. The average Bonchev–Trinajstić information content (AvgIpc) is 2.37. The summed E-state index contributed by atoms with van der Waals surface area (Å²) in [4.78, 5) is 4.19. The van der Waals surface area contributed by atoms with Crippen molar-refractivity contribution in [2.45, 2.75) is 20.4 Å². The summed E-state index contributed by atoms with van der Waals surface area (Å²) < 4.78 is 7.00. The van der Waals surface area contributed by atoms with E-state index in [0.717, 1.165) is 39.2 Å². The molecule has 1 aromatic heterocycles. The molecule has 0 spiro atoms. The third-order valence-corrected chi connectivity index (χ3v) is 4.05. The number of aromatic nitrogens is 1. The molecule has 0 bridgehead atoms. The summed E-state index contributed by atoms with van der Waals surface area (Å²) in [5, 5.41) is 3.10. The van der Waals surface area contributed by atoms with Gasteiger partial charge in [0.15, 0.2) is 0 Å². The Kier molecular flexibility index (Phi) is 4.56. The fourth-order valence-corrected chi connectivity index (χ4v) is 2.15. The highest BCUT2D eigenvalue weighted by Crippen LogP contribution is 2.29. The molecule has 4 heteroatoms. The van der Waals surface area contributed by atoms with Crippen LogP contribution in [0.5, 0.6) is 11.5 Å². The first-order valence-electron chi connectivity index (χ1n) is 6.13. The lowest BCUT2D eigenvalue weighted by molar-refractivity contribution is 0.478.